The van der Waals surface area contributed by atoms with Gasteiger partial charge in [0.2, 0.25) is 15.9 Å². The van der Waals surface area contributed by atoms with E-state index in [-0.39, 0.29) is 11.9 Å². The number of rotatable bonds is 5. The van der Waals surface area contributed by atoms with Gasteiger partial charge in [0.25, 0.3) is 0 Å². The lowest BCUT2D eigenvalue weighted by atomic mass is 10.0. The summed E-state index contributed by atoms with van der Waals surface area (Å²) >= 11 is 0. The van der Waals surface area contributed by atoms with Gasteiger partial charge >= 0.3 is 0 Å². The maximum Gasteiger partial charge on any atom is 0.243 e. The van der Waals surface area contributed by atoms with E-state index in [2.05, 4.69) is 11.0 Å². The van der Waals surface area contributed by atoms with E-state index in [0.717, 1.165) is 36.4 Å². The number of sulfonamides is 1. The number of piperazine rings is 1. The van der Waals surface area contributed by atoms with E-state index in [9.17, 15) is 13.2 Å². The Kier molecular flexibility index (Phi) is 6.27. The van der Waals surface area contributed by atoms with Crippen molar-refractivity contribution in [3.05, 3.63) is 54.1 Å². The first-order chi connectivity index (χ1) is 16.0. The fourth-order valence-corrected chi connectivity index (χ4v) is 6.30. The minimum atomic E-state index is -3.52. The van der Waals surface area contributed by atoms with Gasteiger partial charge in [0, 0.05) is 32.2 Å². The van der Waals surface area contributed by atoms with Crippen molar-refractivity contribution in [2.24, 2.45) is 0 Å². The molecular formula is C24H29N3O5S. The molecule has 8 nitrogen and oxygen atoms in total. The Hall–Kier alpha value is -2.62. The van der Waals surface area contributed by atoms with Crippen LogP contribution in [0.25, 0.3) is 0 Å². The Morgan fingerprint density at radius 2 is 1.64 bits per heavy atom. The van der Waals surface area contributed by atoms with Gasteiger partial charge in [-0.25, -0.2) is 8.42 Å². The molecule has 0 unspecified atom stereocenters. The Balaban J connectivity index is 1.20. The molecule has 9 heteroatoms. The first kappa shape index (κ1) is 22.2. The lowest BCUT2D eigenvalue weighted by molar-refractivity contribution is -0.133. The number of amides is 1. The summed E-state index contributed by atoms with van der Waals surface area (Å²) in [5, 5.41) is 0. The van der Waals surface area contributed by atoms with Crippen LogP contribution in [0.3, 0.4) is 0 Å². The summed E-state index contributed by atoms with van der Waals surface area (Å²) in [7, 11) is -3.52. The highest BCUT2D eigenvalue weighted by atomic mass is 32.2. The van der Waals surface area contributed by atoms with Crippen molar-refractivity contribution in [1.82, 2.24) is 14.1 Å². The Labute approximate surface area is 194 Å². The average Bonchev–Trinajstić information content (AvgIpc) is 3.32. The van der Waals surface area contributed by atoms with Crippen LogP contribution in [-0.4, -0.2) is 80.9 Å². The van der Waals surface area contributed by atoms with Crippen molar-refractivity contribution < 1.29 is 22.7 Å². The topological polar surface area (TPSA) is 79.4 Å². The van der Waals surface area contributed by atoms with Gasteiger partial charge in [-0.05, 0) is 49.2 Å². The molecule has 33 heavy (non-hydrogen) atoms. The molecule has 2 aromatic rings. The average molecular weight is 472 g/mol. The summed E-state index contributed by atoms with van der Waals surface area (Å²) in [6, 6.07) is 14.7. The van der Waals surface area contributed by atoms with E-state index < -0.39 is 10.0 Å². The highest BCUT2D eigenvalue weighted by Crippen LogP contribution is 2.38. The lowest BCUT2D eigenvalue weighted by Crippen LogP contribution is -2.52. The van der Waals surface area contributed by atoms with Crippen LogP contribution in [0.15, 0.2) is 53.4 Å². The van der Waals surface area contributed by atoms with Gasteiger partial charge in [0.05, 0.1) is 11.4 Å². The summed E-state index contributed by atoms with van der Waals surface area (Å²) in [4.78, 5) is 17.4. The molecular weight excluding hydrogens is 442 g/mol. The molecule has 2 fully saturated rings. The molecule has 0 saturated carbocycles. The Bertz CT molecular complexity index is 1100. The number of nitrogens with zero attached hydrogens (tertiary/aromatic N) is 3. The molecule has 0 radical (unpaired) electrons. The van der Waals surface area contributed by atoms with Crippen molar-refractivity contribution in [2.45, 2.75) is 23.8 Å². The molecule has 3 aliphatic rings. The van der Waals surface area contributed by atoms with Gasteiger partial charge in [-0.3, -0.25) is 9.69 Å². The molecule has 176 valence electrons. The molecule has 2 saturated heterocycles. The fourth-order valence-electron chi connectivity index (χ4n) is 4.85. The Morgan fingerprint density at radius 3 is 2.39 bits per heavy atom. The molecule has 0 aromatic heterocycles. The third kappa shape index (κ3) is 4.58. The van der Waals surface area contributed by atoms with E-state index in [4.69, 9.17) is 9.47 Å². The predicted octanol–water partition coefficient (Wildman–Crippen LogP) is 2.13. The smallest absolute Gasteiger partial charge is 0.243 e. The van der Waals surface area contributed by atoms with E-state index in [1.807, 2.05) is 12.1 Å². The lowest BCUT2D eigenvalue weighted by Gasteiger charge is -2.35. The van der Waals surface area contributed by atoms with Gasteiger partial charge in [-0.15, -0.1) is 0 Å². The third-order valence-electron chi connectivity index (χ3n) is 6.63. The number of hydrogen-bond acceptors (Lipinski definition) is 6. The highest BCUT2D eigenvalue weighted by Gasteiger charge is 2.33. The molecule has 2 aromatic carbocycles. The van der Waals surface area contributed by atoms with Crippen LogP contribution in [0, 0.1) is 0 Å². The van der Waals surface area contributed by atoms with Crippen molar-refractivity contribution in [3.63, 3.8) is 0 Å². The quantitative estimate of drug-likeness (QED) is 0.665. The number of fused-ring (bicyclic) bond motifs is 1. The highest BCUT2D eigenvalue weighted by molar-refractivity contribution is 7.89. The molecule has 0 spiro atoms. The van der Waals surface area contributed by atoms with Crippen LogP contribution < -0.4 is 9.47 Å². The summed E-state index contributed by atoms with van der Waals surface area (Å²) in [6.45, 7) is 3.77. The molecule has 0 N–H and O–H groups in total. The van der Waals surface area contributed by atoms with E-state index in [1.54, 1.807) is 35.2 Å². The standard InChI is InChI=1S/C24H29N3O5S/c28-24(25-11-13-27(14-12-25)33(29,30)20-5-2-1-3-6-20)18-26-10-4-7-21(26)19-8-9-22-23(17-19)32-16-15-31-22/h1-3,5-6,8-9,17,21H,4,7,10-16,18H2/t21-/m0/s1. The summed E-state index contributed by atoms with van der Waals surface area (Å²) < 4.78 is 38.5. The first-order valence-corrected chi connectivity index (χ1v) is 12.9. The molecule has 0 bridgehead atoms. The van der Waals surface area contributed by atoms with Crippen LogP contribution >= 0.6 is 0 Å². The minimum Gasteiger partial charge on any atom is -0.486 e. The van der Waals surface area contributed by atoms with E-state index >= 15 is 0 Å². The molecule has 3 heterocycles. The van der Waals surface area contributed by atoms with Gasteiger partial charge < -0.3 is 14.4 Å². The largest absolute Gasteiger partial charge is 0.486 e. The van der Waals surface area contributed by atoms with Gasteiger partial charge in [0.15, 0.2) is 11.5 Å². The first-order valence-electron chi connectivity index (χ1n) is 11.5. The van der Waals surface area contributed by atoms with Crippen molar-refractivity contribution >= 4 is 15.9 Å². The molecule has 1 atom stereocenters. The van der Waals surface area contributed by atoms with Crippen molar-refractivity contribution in [2.75, 3.05) is 52.5 Å². The van der Waals surface area contributed by atoms with Gasteiger partial charge in [-0.2, -0.15) is 4.31 Å². The zero-order chi connectivity index (χ0) is 22.8. The molecule has 5 rings (SSSR count). The molecule has 0 aliphatic carbocycles. The van der Waals surface area contributed by atoms with Gasteiger partial charge in [0.1, 0.15) is 13.2 Å². The SMILES string of the molecule is O=C(CN1CCC[C@H]1c1ccc2c(c1)OCCO2)N1CCN(S(=O)(=O)c2ccccc2)CC1. The molecule has 1 amide bonds. The maximum atomic E-state index is 13.1. The Morgan fingerprint density at radius 1 is 0.909 bits per heavy atom. The van der Waals surface area contributed by atoms with Crippen LogP contribution in [0.1, 0.15) is 24.4 Å². The number of carbonyl (C=O) groups is 1. The van der Waals surface area contributed by atoms with Crippen LogP contribution in [0.2, 0.25) is 0 Å². The third-order valence-corrected chi connectivity index (χ3v) is 8.54. The number of carbonyl (C=O) groups excluding carboxylic acids is 1. The van der Waals surface area contributed by atoms with Crippen LogP contribution in [0.5, 0.6) is 11.5 Å². The van der Waals surface area contributed by atoms with Gasteiger partial charge in [-0.1, -0.05) is 24.3 Å². The summed E-state index contributed by atoms with van der Waals surface area (Å²) in [5.41, 5.74) is 1.14. The number of likely N-dealkylation sites (tertiary alicyclic amines) is 1. The zero-order valence-electron chi connectivity index (χ0n) is 18.6. The fraction of sp³-hybridized carbons (Fsp3) is 0.458. The zero-order valence-corrected chi connectivity index (χ0v) is 19.4. The normalized spacial score (nSPS) is 21.8. The van der Waals surface area contributed by atoms with Crippen LogP contribution in [-0.2, 0) is 14.8 Å². The second-order valence-electron chi connectivity index (χ2n) is 8.63. The molecule has 3 aliphatic heterocycles. The summed E-state index contributed by atoms with van der Waals surface area (Å²) in [5.74, 6) is 1.60. The monoisotopic (exact) mass is 471 g/mol. The van der Waals surface area contributed by atoms with Crippen LogP contribution in [0.4, 0.5) is 0 Å². The minimum absolute atomic E-state index is 0.0520. The van der Waals surface area contributed by atoms with E-state index in [0.29, 0.717) is 50.8 Å². The second-order valence-corrected chi connectivity index (χ2v) is 10.6. The second kappa shape index (κ2) is 9.32. The van der Waals surface area contributed by atoms with E-state index in [1.165, 1.54) is 4.31 Å². The number of benzene rings is 2. The maximum absolute atomic E-state index is 13.1. The predicted molar refractivity (Wildman–Crippen MR) is 123 cm³/mol. The van der Waals surface area contributed by atoms with Crippen molar-refractivity contribution in [3.8, 4) is 11.5 Å². The number of hydrogen-bond donors (Lipinski definition) is 0. The number of ether oxygens (including phenoxy) is 2. The van der Waals surface area contributed by atoms with Crippen molar-refractivity contribution in [1.29, 1.82) is 0 Å². The summed E-state index contributed by atoms with van der Waals surface area (Å²) in [6.07, 6.45) is 2.03.